The Morgan fingerprint density at radius 1 is 1.21 bits per heavy atom. The third kappa shape index (κ3) is 4.60. The summed E-state index contributed by atoms with van der Waals surface area (Å²) < 4.78 is 0. The maximum Gasteiger partial charge on any atom is 0.269 e. The Balaban J connectivity index is 1.83. The zero-order valence-electron chi connectivity index (χ0n) is 11.1. The van der Waals surface area contributed by atoms with Gasteiger partial charge in [0.15, 0.2) is 0 Å². The van der Waals surface area contributed by atoms with Crippen LogP contribution in [0.25, 0.3) is 0 Å². The highest BCUT2D eigenvalue weighted by Crippen LogP contribution is 2.30. The summed E-state index contributed by atoms with van der Waals surface area (Å²) in [4.78, 5) is 10.7. The van der Waals surface area contributed by atoms with Crippen molar-refractivity contribution >= 4 is 21.6 Å². The van der Waals surface area contributed by atoms with Crippen LogP contribution in [0.2, 0.25) is 0 Å². The molecule has 0 radical (unpaired) electrons. The van der Waals surface area contributed by atoms with Crippen molar-refractivity contribution in [3.63, 3.8) is 0 Å². The lowest BCUT2D eigenvalue weighted by Crippen LogP contribution is -2.13. The Labute approximate surface area is 122 Å². The van der Waals surface area contributed by atoms with E-state index in [4.69, 9.17) is 0 Å². The number of rotatable bonds is 5. The molecule has 2 rings (SSSR count). The molecule has 1 unspecified atom stereocenters. The van der Waals surface area contributed by atoms with Gasteiger partial charge in [0.25, 0.3) is 5.69 Å². The first-order valence-corrected chi connectivity index (χ1v) is 7.94. The van der Waals surface area contributed by atoms with Gasteiger partial charge < -0.3 is 0 Å². The molecule has 0 aliphatic heterocycles. The molecule has 0 aromatic heterocycles. The number of benzene rings is 1. The molecule has 19 heavy (non-hydrogen) atoms. The Bertz CT molecular complexity index is 413. The van der Waals surface area contributed by atoms with Crippen LogP contribution in [0.15, 0.2) is 24.3 Å². The van der Waals surface area contributed by atoms with Gasteiger partial charge in [-0.1, -0.05) is 60.2 Å². The normalized spacial score (nSPS) is 18.2. The van der Waals surface area contributed by atoms with Crippen molar-refractivity contribution in [1.82, 2.24) is 0 Å². The van der Waals surface area contributed by atoms with Crippen LogP contribution in [0.4, 0.5) is 5.69 Å². The minimum absolute atomic E-state index is 0.169. The van der Waals surface area contributed by atoms with E-state index in [1.807, 2.05) is 12.1 Å². The molecule has 0 spiro atoms. The second-order valence-corrected chi connectivity index (χ2v) is 6.76. The largest absolute Gasteiger partial charge is 0.269 e. The average molecular weight is 326 g/mol. The van der Waals surface area contributed by atoms with E-state index in [2.05, 4.69) is 15.9 Å². The van der Waals surface area contributed by atoms with Crippen molar-refractivity contribution < 1.29 is 4.92 Å². The van der Waals surface area contributed by atoms with E-state index >= 15 is 0 Å². The van der Waals surface area contributed by atoms with Gasteiger partial charge >= 0.3 is 0 Å². The number of hydrogen-bond acceptors (Lipinski definition) is 2. The first-order chi connectivity index (χ1) is 9.15. The van der Waals surface area contributed by atoms with E-state index in [0.29, 0.717) is 4.83 Å². The Morgan fingerprint density at radius 2 is 1.84 bits per heavy atom. The van der Waals surface area contributed by atoms with Crippen LogP contribution in [0.3, 0.4) is 0 Å². The summed E-state index contributed by atoms with van der Waals surface area (Å²) in [5.41, 5.74) is 1.34. The van der Waals surface area contributed by atoms with Crippen LogP contribution in [-0.2, 0) is 6.42 Å². The zero-order chi connectivity index (χ0) is 13.7. The van der Waals surface area contributed by atoms with E-state index in [9.17, 15) is 10.1 Å². The van der Waals surface area contributed by atoms with Crippen LogP contribution in [0.1, 0.15) is 44.1 Å². The van der Waals surface area contributed by atoms with Crippen molar-refractivity contribution in [3.8, 4) is 0 Å². The lowest BCUT2D eigenvalue weighted by atomic mass is 9.85. The topological polar surface area (TPSA) is 43.1 Å². The molecule has 0 heterocycles. The summed E-state index contributed by atoms with van der Waals surface area (Å²) in [6, 6.07) is 6.92. The summed E-state index contributed by atoms with van der Waals surface area (Å²) in [5.74, 6) is 0.858. The van der Waals surface area contributed by atoms with Crippen molar-refractivity contribution in [1.29, 1.82) is 0 Å². The molecule has 1 aromatic carbocycles. The van der Waals surface area contributed by atoms with E-state index in [1.165, 1.54) is 44.1 Å². The third-order valence-corrected chi connectivity index (χ3v) is 4.62. The van der Waals surface area contributed by atoms with Gasteiger partial charge in [-0.05, 0) is 24.3 Å². The molecule has 1 aliphatic carbocycles. The molecule has 0 bridgehead atoms. The van der Waals surface area contributed by atoms with Crippen molar-refractivity contribution in [3.05, 3.63) is 39.9 Å². The second kappa shape index (κ2) is 7.04. The van der Waals surface area contributed by atoms with Gasteiger partial charge in [0.1, 0.15) is 0 Å². The van der Waals surface area contributed by atoms with Crippen LogP contribution in [0.5, 0.6) is 0 Å². The minimum Gasteiger partial charge on any atom is -0.258 e. The zero-order valence-corrected chi connectivity index (χ0v) is 12.6. The van der Waals surface area contributed by atoms with Crippen LogP contribution >= 0.6 is 15.9 Å². The van der Waals surface area contributed by atoms with Gasteiger partial charge in [0.05, 0.1) is 4.92 Å². The highest BCUT2D eigenvalue weighted by molar-refractivity contribution is 9.09. The molecular weight excluding hydrogens is 306 g/mol. The average Bonchev–Trinajstić information content (AvgIpc) is 2.40. The van der Waals surface area contributed by atoms with Crippen molar-refractivity contribution in [2.24, 2.45) is 5.92 Å². The molecule has 0 N–H and O–H groups in total. The fourth-order valence-electron chi connectivity index (χ4n) is 2.88. The van der Waals surface area contributed by atoms with Crippen LogP contribution in [0, 0.1) is 16.0 Å². The Kier molecular flexibility index (Phi) is 5.37. The summed E-state index contributed by atoms with van der Waals surface area (Å²) in [6.45, 7) is 0. The van der Waals surface area contributed by atoms with Gasteiger partial charge in [-0.15, -0.1) is 0 Å². The van der Waals surface area contributed by atoms with E-state index < -0.39 is 0 Å². The van der Waals surface area contributed by atoms with Gasteiger partial charge in [0.2, 0.25) is 0 Å². The van der Waals surface area contributed by atoms with E-state index in [-0.39, 0.29) is 10.6 Å². The predicted octanol–water partition coefficient (Wildman–Crippen LogP) is 4.87. The number of nitrogens with zero attached hydrogens (tertiary/aromatic N) is 1. The number of nitro groups is 1. The smallest absolute Gasteiger partial charge is 0.258 e. The number of hydrogen-bond donors (Lipinski definition) is 0. The Morgan fingerprint density at radius 3 is 2.42 bits per heavy atom. The van der Waals surface area contributed by atoms with Crippen molar-refractivity contribution in [2.45, 2.75) is 49.8 Å². The molecular formula is C15H20BrNO2. The third-order valence-electron chi connectivity index (χ3n) is 3.92. The number of halogens is 1. The van der Waals surface area contributed by atoms with Gasteiger partial charge in [-0.2, -0.15) is 0 Å². The number of nitro benzene ring substituents is 1. The van der Waals surface area contributed by atoms with E-state index in [1.54, 1.807) is 12.1 Å². The fourth-order valence-corrected chi connectivity index (χ4v) is 3.78. The monoisotopic (exact) mass is 325 g/mol. The first kappa shape index (κ1) is 14.5. The highest BCUT2D eigenvalue weighted by Gasteiger charge is 2.17. The minimum atomic E-state index is -0.350. The summed E-state index contributed by atoms with van der Waals surface area (Å²) in [5, 5.41) is 10.6. The van der Waals surface area contributed by atoms with Crippen LogP contribution in [-0.4, -0.2) is 9.75 Å². The molecule has 1 aliphatic rings. The van der Waals surface area contributed by atoms with Gasteiger partial charge in [0, 0.05) is 17.0 Å². The highest BCUT2D eigenvalue weighted by atomic mass is 79.9. The van der Waals surface area contributed by atoms with Gasteiger partial charge in [-0.25, -0.2) is 0 Å². The lowest BCUT2D eigenvalue weighted by Gasteiger charge is -2.23. The summed E-state index contributed by atoms with van der Waals surface area (Å²) >= 11 is 3.76. The number of non-ortho nitro benzene ring substituents is 1. The molecule has 0 amide bonds. The molecule has 4 heteroatoms. The molecule has 0 saturated heterocycles. The molecule has 3 nitrogen and oxygen atoms in total. The van der Waals surface area contributed by atoms with Crippen molar-refractivity contribution in [2.75, 3.05) is 0 Å². The standard InChI is InChI=1S/C15H20BrNO2/c16-14(10-12-4-2-1-3-5-12)11-13-6-8-15(9-7-13)17(18)19/h6-9,12,14H,1-5,10-11H2. The first-order valence-electron chi connectivity index (χ1n) is 7.02. The molecule has 1 aromatic rings. The SMILES string of the molecule is O=[N+]([O-])c1ccc(CC(Br)CC2CCCCC2)cc1. The summed E-state index contributed by atoms with van der Waals surface area (Å²) in [7, 11) is 0. The molecule has 1 atom stereocenters. The van der Waals surface area contributed by atoms with E-state index in [0.717, 1.165) is 12.3 Å². The molecule has 1 fully saturated rings. The maximum atomic E-state index is 10.6. The summed E-state index contributed by atoms with van der Waals surface area (Å²) in [6.07, 6.45) is 9.05. The quantitative estimate of drug-likeness (QED) is 0.440. The second-order valence-electron chi connectivity index (χ2n) is 5.46. The Hall–Kier alpha value is -0.900. The fraction of sp³-hybridized carbons (Fsp3) is 0.600. The van der Waals surface area contributed by atoms with Gasteiger partial charge in [-0.3, -0.25) is 10.1 Å². The molecule has 104 valence electrons. The lowest BCUT2D eigenvalue weighted by molar-refractivity contribution is -0.384. The number of alkyl halides is 1. The predicted molar refractivity (Wildman–Crippen MR) is 80.7 cm³/mol. The maximum absolute atomic E-state index is 10.6. The molecule has 1 saturated carbocycles. The van der Waals surface area contributed by atoms with Crippen LogP contribution < -0.4 is 0 Å².